The van der Waals surface area contributed by atoms with Crippen LogP contribution in [-0.4, -0.2) is 16.6 Å². The number of nitrogens with two attached hydrogens (primary N) is 1. The molecule has 5 heteroatoms. The molecule has 5 nitrogen and oxygen atoms in total. The molecule has 0 bridgehead atoms. The third kappa shape index (κ3) is 2.94. The fourth-order valence-electron chi connectivity index (χ4n) is 1.61. The summed E-state index contributed by atoms with van der Waals surface area (Å²) in [6.45, 7) is 3.40. The number of benzene rings is 1. The zero-order chi connectivity index (χ0) is 12.8. The van der Waals surface area contributed by atoms with E-state index in [1.807, 2.05) is 18.2 Å². The van der Waals surface area contributed by atoms with Crippen LogP contribution in [0.3, 0.4) is 0 Å². The van der Waals surface area contributed by atoms with Gasteiger partial charge in [-0.15, -0.1) is 0 Å². The highest BCUT2D eigenvalue weighted by Gasteiger charge is 2.05. The van der Waals surface area contributed by atoms with Crippen molar-refractivity contribution in [3.63, 3.8) is 0 Å². The summed E-state index contributed by atoms with van der Waals surface area (Å²) in [6.07, 6.45) is 4.40. The number of H-pyrrole nitrogens is 1. The van der Waals surface area contributed by atoms with E-state index in [1.54, 1.807) is 12.5 Å². The van der Waals surface area contributed by atoms with Crippen LogP contribution in [0.15, 0.2) is 30.7 Å². The summed E-state index contributed by atoms with van der Waals surface area (Å²) < 4.78 is 5.58. The normalized spacial score (nSPS) is 10.3. The van der Waals surface area contributed by atoms with E-state index in [2.05, 4.69) is 22.2 Å². The lowest BCUT2D eigenvalue weighted by Gasteiger charge is -2.13. The van der Waals surface area contributed by atoms with Crippen LogP contribution in [0.2, 0.25) is 0 Å². The summed E-state index contributed by atoms with van der Waals surface area (Å²) in [7, 11) is 0. The maximum absolute atomic E-state index is 6.05. The second-order valence-corrected chi connectivity index (χ2v) is 4.00. The van der Waals surface area contributed by atoms with Crippen molar-refractivity contribution in [1.82, 2.24) is 9.97 Å². The quantitative estimate of drug-likeness (QED) is 0.684. The highest BCUT2D eigenvalue weighted by molar-refractivity contribution is 5.72. The van der Waals surface area contributed by atoms with Crippen molar-refractivity contribution in [1.29, 1.82) is 0 Å². The van der Waals surface area contributed by atoms with Gasteiger partial charge in [-0.05, 0) is 18.6 Å². The van der Waals surface area contributed by atoms with Gasteiger partial charge in [0.05, 0.1) is 36.5 Å². The SMILES string of the molecule is CCCOc1cccc(NCc2cnc[nH]2)c1N. The number of nitrogens with zero attached hydrogens (tertiary/aromatic N) is 1. The van der Waals surface area contributed by atoms with Gasteiger partial charge in [0.1, 0.15) is 5.75 Å². The molecule has 1 aromatic carbocycles. The lowest BCUT2D eigenvalue weighted by atomic mass is 10.2. The van der Waals surface area contributed by atoms with Gasteiger partial charge in [-0.2, -0.15) is 0 Å². The molecule has 0 radical (unpaired) electrons. The number of rotatable bonds is 6. The first-order valence-corrected chi connectivity index (χ1v) is 6.03. The maximum atomic E-state index is 6.05. The van der Waals surface area contributed by atoms with Gasteiger partial charge in [-0.25, -0.2) is 4.98 Å². The van der Waals surface area contributed by atoms with Crippen molar-refractivity contribution in [2.45, 2.75) is 19.9 Å². The van der Waals surface area contributed by atoms with Gasteiger partial charge < -0.3 is 20.8 Å². The highest BCUT2D eigenvalue weighted by Crippen LogP contribution is 2.29. The first-order valence-electron chi connectivity index (χ1n) is 6.03. The Morgan fingerprint density at radius 2 is 2.33 bits per heavy atom. The molecule has 0 aliphatic carbocycles. The Hall–Kier alpha value is -2.17. The molecule has 96 valence electrons. The second kappa shape index (κ2) is 5.95. The molecular weight excluding hydrogens is 228 g/mol. The molecule has 1 heterocycles. The van der Waals surface area contributed by atoms with Crippen molar-refractivity contribution in [3.8, 4) is 5.75 Å². The monoisotopic (exact) mass is 246 g/mol. The van der Waals surface area contributed by atoms with Crippen LogP contribution in [0.5, 0.6) is 5.75 Å². The molecule has 1 aromatic heterocycles. The summed E-state index contributed by atoms with van der Waals surface area (Å²) in [5.41, 5.74) is 8.58. The van der Waals surface area contributed by atoms with Gasteiger partial charge in [0.25, 0.3) is 0 Å². The average Bonchev–Trinajstić information content (AvgIpc) is 2.89. The molecule has 0 fully saturated rings. The van der Waals surface area contributed by atoms with Crippen LogP contribution < -0.4 is 15.8 Å². The lowest BCUT2D eigenvalue weighted by Crippen LogP contribution is -2.05. The molecule has 18 heavy (non-hydrogen) atoms. The molecule has 2 rings (SSSR count). The number of aromatic nitrogens is 2. The molecule has 0 amide bonds. The van der Waals surface area contributed by atoms with Gasteiger partial charge in [-0.1, -0.05) is 13.0 Å². The zero-order valence-electron chi connectivity index (χ0n) is 10.4. The largest absolute Gasteiger partial charge is 0.491 e. The van der Waals surface area contributed by atoms with Crippen LogP contribution in [0.1, 0.15) is 19.0 Å². The van der Waals surface area contributed by atoms with Gasteiger partial charge in [0, 0.05) is 6.20 Å². The Balaban J connectivity index is 2.03. The molecular formula is C13H18N4O. The topological polar surface area (TPSA) is 76.0 Å². The number of anilines is 2. The number of aromatic amines is 1. The lowest BCUT2D eigenvalue weighted by molar-refractivity contribution is 0.319. The molecule has 2 aromatic rings. The van der Waals surface area contributed by atoms with Crippen LogP contribution in [-0.2, 0) is 6.54 Å². The van der Waals surface area contributed by atoms with Gasteiger partial charge in [0.15, 0.2) is 0 Å². The van der Waals surface area contributed by atoms with Crippen molar-refractivity contribution in [2.75, 3.05) is 17.7 Å². The standard InChI is InChI=1S/C13H18N4O/c1-2-6-18-12-5-3-4-11(13(12)14)16-8-10-7-15-9-17-10/h3-5,7,9,16H,2,6,8,14H2,1H3,(H,15,17). The van der Waals surface area contributed by atoms with Crippen LogP contribution in [0.4, 0.5) is 11.4 Å². The molecule has 0 atom stereocenters. The number of para-hydroxylation sites is 1. The van der Waals surface area contributed by atoms with Crippen molar-refractivity contribution < 1.29 is 4.74 Å². The van der Waals surface area contributed by atoms with Gasteiger partial charge >= 0.3 is 0 Å². The number of nitrogens with one attached hydrogen (secondary N) is 2. The Labute approximate surface area is 106 Å². The molecule has 0 aliphatic heterocycles. The Bertz CT molecular complexity index is 482. The molecule has 0 unspecified atom stereocenters. The summed E-state index contributed by atoms with van der Waals surface area (Å²) in [5, 5.41) is 3.26. The number of hydrogen-bond acceptors (Lipinski definition) is 4. The third-order valence-corrected chi connectivity index (χ3v) is 2.55. The van der Waals surface area contributed by atoms with E-state index in [0.29, 0.717) is 18.8 Å². The van der Waals surface area contributed by atoms with Crippen molar-refractivity contribution in [3.05, 3.63) is 36.4 Å². The predicted octanol–water partition coefficient (Wildman–Crippen LogP) is 2.39. The minimum Gasteiger partial charge on any atom is -0.491 e. The van der Waals surface area contributed by atoms with Gasteiger partial charge in [0.2, 0.25) is 0 Å². The summed E-state index contributed by atoms with van der Waals surface area (Å²) in [4.78, 5) is 6.99. The number of imidazole rings is 1. The van der Waals surface area contributed by atoms with Crippen LogP contribution >= 0.6 is 0 Å². The zero-order valence-corrected chi connectivity index (χ0v) is 10.4. The summed E-state index contributed by atoms with van der Waals surface area (Å²) in [5.74, 6) is 0.728. The minimum absolute atomic E-state index is 0.644. The van der Waals surface area contributed by atoms with Crippen molar-refractivity contribution >= 4 is 11.4 Å². The summed E-state index contributed by atoms with van der Waals surface area (Å²) in [6, 6.07) is 5.74. The van der Waals surface area contributed by atoms with E-state index < -0.39 is 0 Å². The number of hydrogen-bond donors (Lipinski definition) is 3. The van der Waals surface area contributed by atoms with E-state index in [-0.39, 0.29) is 0 Å². The molecule has 0 saturated carbocycles. The van der Waals surface area contributed by atoms with E-state index in [9.17, 15) is 0 Å². The molecule has 0 spiro atoms. The van der Waals surface area contributed by atoms with E-state index >= 15 is 0 Å². The fourth-order valence-corrected chi connectivity index (χ4v) is 1.61. The second-order valence-electron chi connectivity index (χ2n) is 4.00. The Morgan fingerprint density at radius 1 is 1.44 bits per heavy atom. The van der Waals surface area contributed by atoms with Crippen LogP contribution in [0, 0.1) is 0 Å². The minimum atomic E-state index is 0.644. The van der Waals surface area contributed by atoms with Crippen LogP contribution in [0.25, 0.3) is 0 Å². The van der Waals surface area contributed by atoms with E-state index in [4.69, 9.17) is 10.5 Å². The van der Waals surface area contributed by atoms with E-state index in [1.165, 1.54) is 0 Å². The molecule has 0 saturated heterocycles. The maximum Gasteiger partial charge on any atom is 0.144 e. The summed E-state index contributed by atoms with van der Waals surface area (Å²) >= 11 is 0. The first-order chi connectivity index (χ1) is 8.81. The fraction of sp³-hybridized carbons (Fsp3) is 0.308. The number of nitrogen functional groups attached to an aromatic ring is 1. The molecule has 0 aliphatic rings. The predicted molar refractivity (Wildman–Crippen MR) is 72.6 cm³/mol. The van der Waals surface area contributed by atoms with E-state index in [0.717, 1.165) is 23.6 Å². The number of ether oxygens (including phenoxy) is 1. The highest BCUT2D eigenvalue weighted by atomic mass is 16.5. The molecule has 4 N–H and O–H groups in total. The third-order valence-electron chi connectivity index (χ3n) is 2.55. The van der Waals surface area contributed by atoms with Gasteiger partial charge in [-0.3, -0.25) is 0 Å². The average molecular weight is 246 g/mol. The Kier molecular flexibility index (Phi) is 4.06. The van der Waals surface area contributed by atoms with Crippen molar-refractivity contribution in [2.24, 2.45) is 0 Å². The first kappa shape index (κ1) is 12.3. The smallest absolute Gasteiger partial charge is 0.144 e. The Morgan fingerprint density at radius 3 is 3.06 bits per heavy atom.